The molecule has 190 valence electrons. The molecule has 2 atom stereocenters. The Morgan fingerprint density at radius 2 is 1.89 bits per heavy atom. The van der Waals surface area contributed by atoms with Crippen molar-refractivity contribution in [2.45, 2.75) is 43.9 Å². The smallest absolute Gasteiger partial charge is 0.417 e. The molecule has 1 aliphatic heterocycles. The predicted octanol–water partition coefficient (Wildman–Crippen LogP) is 4.98. The highest BCUT2D eigenvalue weighted by Gasteiger charge is 2.41. The number of thiocyanates is 1. The van der Waals surface area contributed by atoms with Crippen molar-refractivity contribution in [3.63, 3.8) is 0 Å². The van der Waals surface area contributed by atoms with E-state index in [1.165, 1.54) is 10.5 Å². The largest absolute Gasteiger partial charge is 0.493 e. The second-order valence-corrected chi connectivity index (χ2v) is 9.77. The molecule has 2 heterocycles. The van der Waals surface area contributed by atoms with E-state index in [9.17, 15) is 14.9 Å². The number of ether oxygens (including phenoxy) is 2. The Bertz CT molecular complexity index is 1230. The summed E-state index contributed by atoms with van der Waals surface area (Å²) in [6, 6.07) is 20.8. The summed E-state index contributed by atoms with van der Waals surface area (Å²) >= 11 is 0.863. The fourth-order valence-corrected chi connectivity index (χ4v) is 4.80. The van der Waals surface area contributed by atoms with Crippen molar-refractivity contribution in [1.29, 1.82) is 5.26 Å². The Kier molecular flexibility index (Phi) is 9.17. The van der Waals surface area contributed by atoms with Crippen LogP contribution in [0.3, 0.4) is 0 Å². The molecule has 0 saturated carbocycles. The topological polar surface area (TPSA) is 92.5 Å². The van der Waals surface area contributed by atoms with E-state index in [0.29, 0.717) is 25.9 Å². The van der Waals surface area contributed by atoms with E-state index in [-0.39, 0.29) is 6.61 Å². The lowest BCUT2D eigenvalue weighted by Crippen LogP contribution is -2.45. The minimum absolute atomic E-state index is 0.147. The van der Waals surface area contributed by atoms with Gasteiger partial charge in [0.2, 0.25) is 5.91 Å². The lowest BCUT2D eigenvalue weighted by atomic mass is 10.0. The van der Waals surface area contributed by atoms with Crippen molar-refractivity contribution in [2.75, 3.05) is 13.2 Å². The minimum atomic E-state index is -0.724. The number of benzene rings is 2. The van der Waals surface area contributed by atoms with E-state index in [0.717, 1.165) is 40.8 Å². The van der Waals surface area contributed by atoms with Gasteiger partial charge in [0.15, 0.2) is 0 Å². The highest BCUT2D eigenvalue weighted by Crippen LogP contribution is 2.25. The molecule has 1 saturated heterocycles. The number of amides is 2. The van der Waals surface area contributed by atoms with Gasteiger partial charge in [-0.3, -0.25) is 9.78 Å². The fraction of sp³-hybridized carbons (Fsp3) is 0.310. The lowest BCUT2D eigenvalue weighted by molar-refractivity contribution is -0.128. The first-order chi connectivity index (χ1) is 18.1. The van der Waals surface area contributed by atoms with Gasteiger partial charge in [-0.15, -0.1) is 0 Å². The summed E-state index contributed by atoms with van der Waals surface area (Å²) in [6.07, 6.45) is 3.73. The maximum Gasteiger partial charge on any atom is 0.417 e. The zero-order valence-corrected chi connectivity index (χ0v) is 21.5. The van der Waals surface area contributed by atoms with Crippen LogP contribution in [0, 0.1) is 10.7 Å². The molecule has 2 aromatic carbocycles. The molecular weight excluding hydrogens is 486 g/mol. The van der Waals surface area contributed by atoms with Crippen LogP contribution in [0.15, 0.2) is 72.9 Å². The monoisotopic (exact) mass is 515 g/mol. The van der Waals surface area contributed by atoms with Crippen LogP contribution in [-0.4, -0.2) is 46.4 Å². The number of nitriles is 1. The summed E-state index contributed by atoms with van der Waals surface area (Å²) in [5.74, 6) is 0.313. The highest BCUT2D eigenvalue weighted by atomic mass is 32.2. The number of imide groups is 1. The molecule has 7 nitrogen and oxygen atoms in total. The summed E-state index contributed by atoms with van der Waals surface area (Å²) in [5, 5.41) is 10.6. The van der Waals surface area contributed by atoms with Crippen molar-refractivity contribution in [1.82, 2.24) is 9.88 Å². The van der Waals surface area contributed by atoms with Crippen molar-refractivity contribution in [3.8, 4) is 11.2 Å². The van der Waals surface area contributed by atoms with E-state index in [1.807, 2.05) is 72.3 Å². The molecular formula is C29H29N3O4S. The van der Waals surface area contributed by atoms with Gasteiger partial charge in [0.25, 0.3) is 0 Å². The molecule has 2 amide bonds. The maximum atomic E-state index is 13.4. The number of thioether (sulfide) groups is 1. The predicted molar refractivity (Wildman–Crippen MR) is 142 cm³/mol. The zero-order valence-electron chi connectivity index (χ0n) is 20.7. The first kappa shape index (κ1) is 26.2. The molecule has 3 aromatic rings. The second-order valence-electron chi connectivity index (χ2n) is 8.78. The Hall–Kier alpha value is -3.83. The summed E-state index contributed by atoms with van der Waals surface area (Å²) < 4.78 is 11.1. The third-order valence-electron chi connectivity index (χ3n) is 6.25. The Balaban J connectivity index is 1.35. The van der Waals surface area contributed by atoms with E-state index >= 15 is 0 Å². The summed E-state index contributed by atoms with van der Waals surface area (Å²) in [6.45, 7) is 2.75. The second kappa shape index (κ2) is 12.9. The SMILES string of the molecule is CCc1ccc(CCOc2ccc(C[C@@H](SC#N)C(=O)N3C(=O)OCC3Cc3ccccc3)cc2)nc1. The number of hydrogen-bond donors (Lipinski definition) is 0. The van der Waals surface area contributed by atoms with E-state index in [2.05, 4.69) is 18.0 Å². The molecule has 1 aromatic heterocycles. The van der Waals surface area contributed by atoms with Crippen molar-refractivity contribution < 1.29 is 19.1 Å². The average molecular weight is 516 g/mol. The van der Waals surface area contributed by atoms with Crippen LogP contribution in [0.5, 0.6) is 5.75 Å². The molecule has 0 bridgehead atoms. The van der Waals surface area contributed by atoms with Crippen LogP contribution in [0.4, 0.5) is 4.79 Å². The molecule has 0 aliphatic carbocycles. The van der Waals surface area contributed by atoms with E-state index < -0.39 is 23.3 Å². The van der Waals surface area contributed by atoms with Gasteiger partial charge in [-0.25, -0.2) is 9.69 Å². The van der Waals surface area contributed by atoms with E-state index in [1.54, 1.807) is 0 Å². The number of nitrogens with zero attached hydrogens (tertiary/aromatic N) is 3. The van der Waals surface area contributed by atoms with Gasteiger partial charge >= 0.3 is 6.09 Å². The van der Waals surface area contributed by atoms with Crippen LogP contribution in [0.1, 0.15) is 29.3 Å². The maximum absolute atomic E-state index is 13.4. The van der Waals surface area contributed by atoms with Gasteiger partial charge in [-0.1, -0.05) is 55.5 Å². The Morgan fingerprint density at radius 3 is 2.57 bits per heavy atom. The average Bonchev–Trinajstić information content (AvgIpc) is 3.29. The first-order valence-electron chi connectivity index (χ1n) is 12.3. The van der Waals surface area contributed by atoms with Crippen LogP contribution in [0.25, 0.3) is 0 Å². The molecule has 0 spiro atoms. The van der Waals surface area contributed by atoms with Crippen molar-refractivity contribution in [3.05, 3.63) is 95.3 Å². The van der Waals surface area contributed by atoms with Gasteiger partial charge < -0.3 is 9.47 Å². The third kappa shape index (κ3) is 7.11. The molecule has 1 fully saturated rings. The van der Waals surface area contributed by atoms with Gasteiger partial charge in [0, 0.05) is 18.3 Å². The van der Waals surface area contributed by atoms with Gasteiger partial charge in [0.05, 0.1) is 12.6 Å². The van der Waals surface area contributed by atoms with Crippen LogP contribution in [0.2, 0.25) is 0 Å². The number of aryl methyl sites for hydroxylation is 1. The third-order valence-corrected chi connectivity index (χ3v) is 7.01. The number of carbonyl (C=O) groups excluding carboxylic acids is 2. The van der Waals surface area contributed by atoms with Crippen LogP contribution in [-0.2, 0) is 35.2 Å². The molecule has 0 radical (unpaired) electrons. The number of rotatable bonds is 11. The minimum Gasteiger partial charge on any atom is -0.493 e. The van der Waals surface area contributed by atoms with Crippen LogP contribution < -0.4 is 4.74 Å². The standard InChI is InChI=1S/C29H29N3O4S/c1-2-21-8-11-24(31-18-21)14-15-35-26-12-9-23(10-13-26)17-27(37-20-30)28(33)32-25(19-36-29(32)34)16-22-6-4-3-5-7-22/h3-13,18,25,27H,2,14-17,19H2,1H3/t25?,27-/m1/s1. The highest BCUT2D eigenvalue weighted by molar-refractivity contribution is 8.04. The fourth-order valence-electron chi connectivity index (χ4n) is 4.19. The summed E-state index contributed by atoms with van der Waals surface area (Å²) in [4.78, 5) is 31.4. The molecule has 1 unspecified atom stereocenters. The first-order valence-corrected chi connectivity index (χ1v) is 13.2. The molecule has 0 N–H and O–H groups in total. The number of pyridine rings is 1. The summed E-state index contributed by atoms with van der Waals surface area (Å²) in [5.41, 5.74) is 4.07. The van der Waals surface area contributed by atoms with Gasteiger partial charge in [-0.05, 0) is 65.9 Å². The zero-order chi connectivity index (χ0) is 26.0. The molecule has 4 rings (SSSR count). The van der Waals surface area contributed by atoms with Gasteiger partial charge in [-0.2, -0.15) is 5.26 Å². The van der Waals surface area contributed by atoms with Gasteiger partial charge in [0.1, 0.15) is 23.0 Å². The van der Waals surface area contributed by atoms with Crippen molar-refractivity contribution in [2.24, 2.45) is 0 Å². The number of carbonyl (C=O) groups is 2. The lowest BCUT2D eigenvalue weighted by Gasteiger charge is -2.23. The van der Waals surface area contributed by atoms with Crippen molar-refractivity contribution >= 4 is 23.8 Å². The number of aromatic nitrogens is 1. The Labute approximate surface area is 221 Å². The van der Waals surface area contributed by atoms with Crippen LogP contribution >= 0.6 is 11.8 Å². The Morgan fingerprint density at radius 1 is 1.14 bits per heavy atom. The quantitative estimate of drug-likeness (QED) is 0.333. The molecule has 37 heavy (non-hydrogen) atoms. The molecule has 1 aliphatic rings. The van der Waals surface area contributed by atoms with E-state index in [4.69, 9.17) is 9.47 Å². The molecule has 8 heteroatoms. The summed E-state index contributed by atoms with van der Waals surface area (Å²) in [7, 11) is 0. The number of cyclic esters (lactones) is 1. The normalized spacial score (nSPS) is 15.6. The number of hydrogen-bond acceptors (Lipinski definition) is 7.